The average Bonchev–Trinajstić information content (AvgIpc) is 2.71. The zero-order chi connectivity index (χ0) is 13.1. The quantitative estimate of drug-likeness (QED) is 0.795. The predicted molar refractivity (Wildman–Crippen MR) is 67.7 cm³/mol. The van der Waals surface area contributed by atoms with Gasteiger partial charge in [0, 0.05) is 12.7 Å². The van der Waals surface area contributed by atoms with Gasteiger partial charge in [0.15, 0.2) is 0 Å². The van der Waals surface area contributed by atoms with Crippen LogP contribution in [0.1, 0.15) is 35.2 Å². The fourth-order valence-corrected chi connectivity index (χ4v) is 1.83. The van der Waals surface area contributed by atoms with Gasteiger partial charge in [-0.15, -0.1) is 0 Å². The molecule has 0 saturated heterocycles. The Morgan fingerprint density at radius 2 is 2.11 bits per heavy atom. The third kappa shape index (κ3) is 2.41. The second kappa shape index (κ2) is 5.27. The summed E-state index contributed by atoms with van der Waals surface area (Å²) in [6.45, 7) is 4.47. The summed E-state index contributed by atoms with van der Waals surface area (Å²) in [7, 11) is 0. The van der Waals surface area contributed by atoms with Crippen LogP contribution in [-0.2, 0) is 6.54 Å². The van der Waals surface area contributed by atoms with Gasteiger partial charge < -0.3 is 0 Å². The first-order valence-electron chi connectivity index (χ1n) is 5.68. The number of aryl methyl sites for hydroxylation is 2. The van der Waals surface area contributed by atoms with Gasteiger partial charge in [-0.05, 0) is 13.3 Å². The van der Waals surface area contributed by atoms with Crippen molar-refractivity contribution >= 4 is 17.4 Å². The Bertz CT molecular complexity index is 562. The SMILES string of the molecule is CCCn1ncc(Cl)c1C(=O)c1cnc(C)cn1. The van der Waals surface area contributed by atoms with E-state index in [4.69, 9.17) is 11.6 Å². The van der Waals surface area contributed by atoms with E-state index in [9.17, 15) is 4.79 Å². The highest BCUT2D eigenvalue weighted by molar-refractivity contribution is 6.34. The lowest BCUT2D eigenvalue weighted by atomic mass is 10.2. The zero-order valence-corrected chi connectivity index (χ0v) is 11.0. The van der Waals surface area contributed by atoms with E-state index in [0.29, 0.717) is 17.3 Å². The van der Waals surface area contributed by atoms with Gasteiger partial charge >= 0.3 is 0 Å². The first kappa shape index (κ1) is 12.7. The zero-order valence-electron chi connectivity index (χ0n) is 10.2. The molecule has 0 unspecified atom stereocenters. The molecule has 0 aliphatic heterocycles. The molecular weight excluding hydrogens is 252 g/mol. The molecule has 0 aromatic carbocycles. The van der Waals surface area contributed by atoms with Crippen LogP contribution in [0, 0.1) is 6.92 Å². The molecule has 0 spiro atoms. The van der Waals surface area contributed by atoms with Crippen molar-refractivity contribution in [3.05, 3.63) is 40.7 Å². The summed E-state index contributed by atoms with van der Waals surface area (Å²) in [5.74, 6) is -0.251. The van der Waals surface area contributed by atoms with Crippen molar-refractivity contribution in [2.24, 2.45) is 0 Å². The van der Waals surface area contributed by atoms with E-state index in [-0.39, 0.29) is 11.5 Å². The van der Waals surface area contributed by atoms with E-state index < -0.39 is 0 Å². The van der Waals surface area contributed by atoms with Crippen LogP contribution in [0.5, 0.6) is 0 Å². The fourth-order valence-electron chi connectivity index (χ4n) is 1.60. The third-order valence-electron chi connectivity index (χ3n) is 2.46. The van der Waals surface area contributed by atoms with Crippen molar-refractivity contribution in [3.8, 4) is 0 Å². The average molecular weight is 265 g/mol. The number of hydrogen-bond acceptors (Lipinski definition) is 4. The van der Waals surface area contributed by atoms with Crippen molar-refractivity contribution in [3.63, 3.8) is 0 Å². The Balaban J connectivity index is 2.39. The van der Waals surface area contributed by atoms with Crippen LogP contribution >= 0.6 is 11.6 Å². The maximum atomic E-state index is 12.3. The lowest BCUT2D eigenvalue weighted by Crippen LogP contribution is -2.13. The van der Waals surface area contributed by atoms with Crippen molar-refractivity contribution in [2.75, 3.05) is 0 Å². The topological polar surface area (TPSA) is 60.7 Å². The molecular formula is C12H13ClN4O. The Morgan fingerprint density at radius 3 is 2.72 bits per heavy atom. The highest BCUT2D eigenvalue weighted by atomic mass is 35.5. The number of rotatable bonds is 4. The summed E-state index contributed by atoms with van der Waals surface area (Å²) in [6, 6.07) is 0. The number of halogens is 1. The van der Waals surface area contributed by atoms with Gasteiger partial charge in [-0.2, -0.15) is 5.10 Å². The molecule has 0 bridgehead atoms. The number of ketones is 1. The molecule has 6 heteroatoms. The summed E-state index contributed by atoms with van der Waals surface area (Å²) in [4.78, 5) is 20.4. The van der Waals surface area contributed by atoms with Gasteiger partial charge in [-0.3, -0.25) is 14.5 Å². The van der Waals surface area contributed by atoms with Crippen LogP contribution in [0.25, 0.3) is 0 Å². The lowest BCUT2D eigenvalue weighted by molar-refractivity contribution is 0.102. The van der Waals surface area contributed by atoms with Crippen molar-refractivity contribution < 1.29 is 4.79 Å². The van der Waals surface area contributed by atoms with Crippen LogP contribution in [0.15, 0.2) is 18.6 Å². The molecule has 2 heterocycles. The van der Waals surface area contributed by atoms with Gasteiger partial charge in [0.25, 0.3) is 0 Å². The monoisotopic (exact) mass is 264 g/mol. The Morgan fingerprint density at radius 1 is 1.33 bits per heavy atom. The maximum Gasteiger partial charge on any atom is 0.232 e. The molecule has 0 fully saturated rings. The third-order valence-corrected chi connectivity index (χ3v) is 2.74. The van der Waals surface area contributed by atoms with Crippen molar-refractivity contribution in [1.29, 1.82) is 0 Å². The molecule has 18 heavy (non-hydrogen) atoms. The number of nitrogens with zero attached hydrogens (tertiary/aromatic N) is 4. The minimum Gasteiger partial charge on any atom is -0.285 e. The molecule has 2 rings (SSSR count). The molecule has 0 N–H and O–H groups in total. The van der Waals surface area contributed by atoms with Crippen molar-refractivity contribution in [1.82, 2.24) is 19.7 Å². The van der Waals surface area contributed by atoms with Gasteiger partial charge in [-0.25, -0.2) is 4.98 Å². The molecule has 2 aromatic heterocycles. The Labute approximate surface area is 110 Å². The molecule has 94 valence electrons. The normalized spacial score (nSPS) is 10.6. The number of aromatic nitrogens is 4. The van der Waals surface area contributed by atoms with Gasteiger partial charge in [0.2, 0.25) is 5.78 Å². The van der Waals surface area contributed by atoms with E-state index in [2.05, 4.69) is 15.1 Å². The first-order chi connectivity index (χ1) is 8.63. The van der Waals surface area contributed by atoms with Crippen molar-refractivity contribution in [2.45, 2.75) is 26.8 Å². The maximum absolute atomic E-state index is 12.3. The highest BCUT2D eigenvalue weighted by Crippen LogP contribution is 2.18. The van der Waals surface area contributed by atoms with Gasteiger partial charge in [0.05, 0.1) is 23.1 Å². The minimum absolute atomic E-state index is 0.251. The molecule has 5 nitrogen and oxygen atoms in total. The molecule has 0 aliphatic carbocycles. The largest absolute Gasteiger partial charge is 0.285 e. The molecule has 0 radical (unpaired) electrons. The first-order valence-corrected chi connectivity index (χ1v) is 6.06. The molecule has 0 saturated carbocycles. The predicted octanol–water partition coefficient (Wildman–Crippen LogP) is 2.28. The van der Waals surface area contributed by atoms with Gasteiger partial charge in [-0.1, -0.05) is 18.5 Å². The summed E-state index contributed by atoms with van der Waals surface area (Å²) in [5, 5.41) is 4.43. The molecule has 2 aromatic rings. The second-order valence-electron chi connectivity index (χ2n) is 3.94. The number of carbonyl (C=O) groups excluding carboxylic acids is 1. The smallest absolute Gasteiger partial charge is 0.232 e. The second-order valence-corrected chi connectivity index (χ2v) is 4.34. The highest BCUT2D eigenvalue weighted by Gasteiger charge is 2.20. The molecule has 0 amide bonds. The van der Waals surface area contributed by atoms with Crippen LogP contribution in [-0.4, -0.2) is 25.5 Å². The number of hydrogen-bond donors (Lipinski definition) is 0. The molecule has 0 atom stereocenters. The number of carbonyl (C=O) groups is 1. The molecule has 0 aliphatic rings. The van der Waals surface area contributed by atoms with E-state index in [1.54, 1.807) is 10.9 Å². The summed E-state index contributed by atoms with van der Waals surface area (Å²) < 4.78 is 1.60. The van der Waals surface area contributed by atoms with Crippen LogP contribution in [0.4, 0.5) is 0 Å². The van der Waals surface area contributed by atoms with E-state index >= 15 is 0 Å². The summed E-state index contributed by atoms with van der Waals surface area (Å²) >= 11 is 6.00. The van der Waals surface area contributed by atoms with Crippen LogP contribution in [0.2, 0.25) is 5.02 Å². The lowest BCUT2D eigenvalue weighted by Gasteiger charge is -2.05. The standard InChI is InChI=1S/C12H13ClN4O/c1-3-4-17-11(9(13)6-16-17)12(18)10-7-14-8(2)5-15-10/h5-7H,3-4H2,1-2H3. The Hall–Kier alpha value is -1.75. The summed E-state index contributed by atoms with van der Waals surface area (Å²) in [5.41, 5.74) is 1.41. The van der Waals surface area contributed by atoms with Gasteiger partial charge in [0.1, 0.15) is 11.4 Å². The van der Waals surface area contributed by atoms with E-state index in [1.807, 2.05) is 13.8 Å². The minimum atomic E-state index is -0.251. The Kier molecular flexibility index (Phi) is 3.72. The van der Waals surface area contributed by atoms with E-state index in [0.717, 1.165) is 12.1 Å². The fraction of sp³-hybridized carbons (Fsp3) is 0.333. The van der Waals surface area contributed by atoms with Crippen LogP contribution in [0.3, 0.4) is 0 Å². The summed E-state index contributed by atoms with van der Waals surface area (Å²) in [6.07, 6.45) is 5.36. The van der Waals surface area contributed by atoms with E-state index in [1.165, 1.54) is 12.4 Å². The van der Waals surface area contributed by atoms with Crippen LogP contribution < -0.4 is 0 Å².